The van der Waals surface area contributed by atoms with E-state index in [0.29, 0.717) is 18.5 Å². The zero-order valence-electron chi connectivity index (χ0n) is 8.33. The molecule has 1 atom stereocenters. The number of fused-ring (bicyclic) bond motifs is 1. The Labute approximate surface area is 88.2 Å². The minimum absolute atomic E-state index is 0.282. The van der Waals surface area contributed by atoms with Crippen LogP contribution in [-0.4, -0.2) is 27.3 Å². The van der Waals surface area contributed by atoms with E-state index in [2.05, 4.69) is 5.32 Å². The van der Waals surface area contributed by atoms with E-state index in [-0.39, 0.29) is 10.7 Å². The number of hydrogen-bond acceptors (Lipinski definition) is 3. The molecule has 1 aromatic rings. The summed E-state index contributed by atoms with van der Waals surface area (Å²) in [6, 6.07) is 3.86. The molecule has 0 saturated heterocycles. The van der Waals surface area contributed by atoms with Gasteiger partial charge >= 0.3 is 0 Å². The highest BCUT2D eigenvalue weighted by atomic mass is 32.2. The van der Waals surface area contributed by atoms with Crippen LogP contribution in [-0.2, 0) is 16.3 Å². The molecule has 5 heteroatoms. The van der Waals surface area contributed by atoms with Gasteiger partial charge in [-0.05, 0) is 37.2 Å². The number of nitrogens with one attached hydrogen (secondary N) is 1. The second-order valence-electron chi connectivity index (χ2n) is 3.68. The fourth-order valence-corrected chi connectivity index (χ4v) is 3.84. The second-order valence-corrected chi connectivity index (χ2v) is 5.88. The van der Waals surface area contributed by atoms with Gasteiger partial charge < -0.3 is 5.32 Å². The fourth-order valence-electron chi connectivity index (χ4n) is 1.93. The van der Waals surface area contributed by atoms with E-state index in [1.807, 2.05) is 0 Å². The molecular formula is C10H12FNO2S. The molecule has 1 heterocycles. The minimum Gasteiger partial charge on any atom is -0.318 e. The van der Waals surface area contributed by atoms with Gasteiger partial charge in [-0.3, -0.25) is 0 Å². The highest BCUT2D eigenvalue weighted by molar-refractivity contribution is 7.92. The molecule has 1 aliphatic heterocycles. The van der Waals surface area contributed by atoms with Crippen molar-refractivity contribution in [2.75, 3.05) is 13.6 Å². The highest BCUT2D eigenvalue weighted by Crippen LogP contribution is 2.31. The summed E-state index contributed by atoms with van der Waals surface area (Å²) in [7, 11) is -1.55. The van der Waals surface area contributed by atoms with Crippen molar-refractivity contribution in [3.8, 4) is 0 Å². The topological polar surface area (TPSA) is 46.2 Å². The van der Waals surface area contributed by atoms with Gasteiger partial charge in [-0.15, -0.1) is 0 Å². The van der Waals surface area contributed by atoms with Crippen LogP contribution >= 0.6 is 0 Å². The van der Waals surface area contributed by atoms with Crippen LogP contribution in [0.3, 0.4) is 0 Å². The van der Waals surface area contributed by atoms with E-state index in [1.54, 1.807) is 7.05 Å². The van der Waals surface area contributed by atoms with Crippen LogP contribution in [0.2, 0.25) is 0 Å². The molecule has 1 N–H and O–H groups in total. The van der Waals surface area contributed by atoms with Gasteiger partial charge in [0, 0.05) is 6.54 Å². The monoisotopic (exact) mass is 229 g/mol. The molecule has 1 aromatic carbocycles. The van der Waals surface area contributed by atoms with Crippen molar-refractivity contribution in [3.05, 3.63) is 29.6 Å². The Balaban J connectivity index is 2.48. The van der Waals surface area contributed by atoms with Crippen LogP contribution in [0.4, 0.5) is 4.39 Å². The summed E-state index contributed by atoms with van der Waals surface area (Å²) in [5.74, 6) is -0.381. The minimum atomic E-state index is -3.25. The summed E-state index contributed by atoms with van der Waals surface area (Å²) in [6.45, 7) is 0.401. The van der Waals surface area contributed by atoms with Crippen LogP contribution in [0.1, 0.15) is 5.56 Å². The number of sulfone groups is 1. The molecule has 2 rings (SSSR count). The highest BCUT2D eigenvalue weighted by Gasteiger charge is 2.36. The zero-order chi connectivity index (χ0) is 11.1. The maximum absolute atomic E-state index is 12.9. The Kier molecular flexibility index (Phi) is 2.52. The maximum Gasteiger partial charge on any atom is 0.183 e. The maximum atomic E-state index is 12.9. The molecule has 3 nitrogen and oxygen atoms in total. The molecule has 0 radical (unpaired) electrons. The third-order valence-electron chi connectivity index (χ3n) is 2.65. The van der Waals surface area contributed by atoms with Gasteiger partial charge in [-0.25, -0.2) is 12.8 Å². The predicted octanol–water partition coefficient (Wildman–Crippen LogP) is 0.743. The molecule has 0 fully saturated rings. The smallest absolute Gasteiger partial charge is 0.183 e. The molecule has 0 amide bonds. The first kappa shape index (κ1) is 10.6. The van der Waals surface area contributed by atoms with E-state index in [9.17, 15) is 12.8 Å². The number of halogens is 1. The Morgan fingerprint density at radius 3 is 2.93 bits per heavy atom. The zero-order valence-corrected chi connectivity index (χ0v) is 9.14. The first-order valence-electron chi connectivity index (χ1n) is 4.72. The quantitative estimate of drug-likeness (QED) is 0.761. The summed E-state index contributed by atoms with van der Waals surface area (Å²) in [5, 5.41) is 2.38. The lowest BCUT2D eigenvalue weighted by Gasteiger charge is -2.07. The van der Waals surface area contributed by atoms with Crippen molar-refractivity contribution in [2.24, 2.45) is 0 Å². The van der Waals surface area contributed by atoms with E-state index in [4.69, 9.17) is 0 Å². The summed E-state index contributed by atoms with van der Waals surface area (Å²) < 4.78 is 36.8. The van der Waals surface area contributed by atoms with Gasteiger partial charge in [0.1, 0.15) is 5.82 Å². The molecule has 82 valence electrons. The Bertz CT molecular complexity index is 484. The molecule has 0 aromatic heterocycles. The molecule has 0 saturated carbocycles. The Morgan fingerprint density at radius 2 is 2.27 bits per heavy atom. The lowest BCUT2D eigenvalue weighted by molar-refractivity contribution is 0.581. The van der Waals surface area contributed by atoms with Crippen LogP contribution in [0.15, 0.2) is 23.1 Å². The predicted molar refractivity (Wildman–Crippen MR) is 55.0 cm³/mol. The number of rotatable bonds is 2. The average molecular weight is 229 g/mol. The number of hydrogen-bond donors (Lipinski definition) is 1. The average Bonchev–Trinajstić information content (AvgIpc) is 2.39. The van der Waals surface area contributed by atoms with Gasteiger partial charge in [-0.1, -0.05) is 0 Å². The van der Waals surface area contributed by atoms with Crippen LogP contribution in [0.5, 0.6) is 0 Å². The van der Waals surface area contributed by atoms with Crippen molar-refractivity contribution >= 4 is 9.84 Å². The van der Waals surface area contributed by atoms with Gasteiger partial charge in [0.15, 0.2) is 9.84 Å². The molecule has 0 spiro atoms. The van der Waals surface area contributed by atoms with E-state index in [0.717, 1.165) is 0 Å². The second kappa shape index (κ2) is 3.57. The largest absolute Gasteiger partial charge is 0.318 e. The van der Waals surface area contributed by atoms with Crippen LogP contribution in [0.25, 0.3) is 0 Å². The molecule has 15 heavy (non-hydrogen) atoms. The van der Waals surface area contributed by atoms with E-state index in [1.165, 1.54) is 18.2 Å². The van der Waals surface area contributed by atoms with Gasteiger partial charge in [0.25, 0.3) is 0 Å². The molecule has 0 aliphatic carbocycles. The van der Waals surface area contributed by atoms with Crippen molar-refractivity contribution in [1.82, 2.24) is 5.32 Å². The van der Waals surface area contributed by atoms with Crippen molar-refractivity contribution in [2.45, 2.75) is 16.6 Å². The van der Waals surface area contributed by atoms with Gasteiger partial charge in [-0.2, -0.15) is 0 Å². The first-order chi connectivity index (χ1) is 7.05. The SMILES string of the molecule is CNCC1Cc2cc(F)ccc2S1(=O)=O. The summed E-state index contributed by atoms with van der Waals surface area (Å²) in [6.07, 6.45) is 0.399. The summed E-state index contributed by atoms with van der Waals surface area (Å²) in [4.78, 5) is 0.282. The Hall–Kier alpha value is -0.940. The Morgan fingerprint density at radius 1 is 1.53 bits per heavy atom. The van der Waals surface area contributed by atoms with Crippen LogP contribution < -0.4 is 5.32 Å². The van der Waals surface area contributed by atoms with E-state index >= 15 is 0 Å². The van der Waals surface area contributed by atoms with Gasteiger partial charge in [0.05, 0.1) is 10.1 Å². The van der Waals surface area contributed by atoms with Gasteiger partial charge in [0.2, 0.25) is 0 Å². The molecular weight excluding hydrogens is 217 g/mol. The fraction of sp³-hybridized carbons (Fsp3) is 0.400. The molecule has 0 bridgehead atoms. The standard InChI is InChI=1S/C10H12FNO2S/c1-12-6-9-5-7-4-8(11)2-3-10(7)15(9,13)14/h2-4,9,12H,5-6H2,1H3. The molecule has 1 unspecified atom stereocenters. The summed E-state index contributed by atoms with van der Waals surface area (Å²) >= 11 is 0. The first-order valence-corrected chi connectivity index (χ1v) is 6.27. The van der Waals surface area contributed by atoms with Crippen molar-refractivity contribution in [1.29, 1.82) is 0 Å². The van der Waals surface area contributed by atoms with Crippen LogP contribution in [0, 0.1) is 5.82 Å². The summed E-state index contributed by atoms with van der Waals surface area (Å²) in [5.41, 5.74) is 0.593. The van der Waals surface area contributed by atoms with Crippen molar-refractivity contribution < 1.29 is 12.8 Å². The third kappa shape index (κ3) is 1.66. The third-order valence-corrected chi connectivity index (χ3v) is 4.87. The van der Waals surface area contributed by atoms with Crippen molar-refractivity contribution in [3.63, 3.8) is 0 Å². The van der Waals surface area contributed by atoms with E-state index < -0.39 is 15.1 Å². The number of benzene rings is 1. The normalized spacial score (nSPS) is 22.7. The lowest BCUT2D eigenvalue weighted by Crippen LogP contribution is -2.29. The lowest BCUT2D eigenvalue weighted by atomic mass is 10.1. The molecule has 1 aliphatic rings.